The molecule has 0 atom stereocenters. The van der Waals surface area contributed by atoms with E-state index in [9.17, 15) is 22.4 Å². The van der Waals surface area contributed by atoms with Gasteiger partial charge in [-0.1, -0.05) is 18.2 Å². The fourth-order valence-corrected chi connectivity index (χ4v) is 2.47. The summed E-state index contributed by atoms with van der Waals surface area (Å²) >= 11 is 0. The van der Waals surface area contributed by atoms with Crippen LogP contribution in [0.15, 0.2) is 47.5 Å². The van der Waals surface area contributed by atoms with Crippen LogP contribution in [0.2, 0.25) is 0 Å². The lowest BCUT2D eigenvalue weighted by Crippen LogP contribution is -2.41. The zero-order valence-electron chi connectivity index (χ0n) is 17.6. The van der Waals surface area contributed by atoms with Gasteiger partial charge in [0.1, 0.15) is 11.6 Å². The SMILES string of the molecule is CN=C(NCCNC(=O)c1ccc(C)c(F)c1)NCc1ccc(OCC(F)(F)F)cc1.I. The molecule has 32 heavy (non-hydrogen) atoms. The summed E-state index contributed by atoms with van der Waals surface area (Å²) in [5, 5.41) is 8.75. The molecular weight excluding hydrogens is 543 g/mol. The summed E-state index contributed by atoms with van der Waals surface area (Å²) in [5.41, 5.74) is 1.53. The smallest absolute Gasteiger partial charge is 0.422 e. The Balaban J connectivity index is 0.00000512. The van der Waals surface area contributed by atoms with Crippen LogP contribution in [0, 0.1) is 12.7 Å². The number of nitrogens with zero attached hydrogens (tertiary/aromatic N) is 1. The van der Waals surface area contributed by atoms with Gasteiger partial charge in [0.2, 0.25) is 0 Å². The normalized spacial score (nSPS) is 11.4. The molecule has 0 fully saturated rings. The number of ether oxygens (including phenoxy) is 1. The molecule has 2 aromatic carbocycles. The minimum Gasteiger partial charge on any atom is -0.484 e. The van der Waals surface area contributed by atoms with E-state index in [1.807, 2.05) is 0 Å². The van der Waals surface area contributed by atoms with Crippen molar-refractivity contribution in [3.05, 3.63) is 65.0 Å². The van der Waals surface area contributed by atoms with Gasteiger partial charge in [-0.05, 0) is 42.3 Å². The summed E-state index contributed by atoms with van der Waals surface area (Å²) in [7, 11) is 1.58. The summed E-state index contributed by atoms with van der Waals surface area (Å²) in [6.07, 6.45) is -4.38. The number of hydrogen-bond donors (Lipinski definition) is 3. The number of hydrogen-bond acceptors (Lipinski definition) is 3. The molecule has 0 saturated carbocycles. The fraction of sp³-hybridized carbons (Fsp3) is 0.333. The van der Waals surface area contributed by atoms with E-state index < -0.39 is 18.6 Å². The van der Waals surface area contributed by atoms with E-state index >= 15 is 0 Å². The van der Waals surface area contributed by atoms with Crippen molar-refractivity contribution in [1.82, 2.24) is 16.0 Å². The van der Waals surface area contributed by atoms with Gasteiger partial charge in [-0.3, -0.25) is 9.79 Å². The molecule has 0 radical (unpaired) electrons. The van der Waals surface area contributed by atoms with Crippen LogP contribution in [0.25, 0.3) is 0 Å². The van der Waals surface area contributed by atoms with Crippen LogP contribution in [0.3, 0.4) is 0 Å². The van der Waals surface area contributed by atoms with E-state index in [0.29, 0.717) is 31.2 Å². The molecule has 6 nitrogen and oxygen atoms in total. The third-order valence-corrected chi connectivity index (χ3v) is 4.15. The Morgan fingerprint density at radius 2 is 1.69 bits per heavy atom. The number of carbonyl (C=O) groups is 1. The lowest BCUT2D eigenvalue weighted by molar-refractivity contribution is -0.153. The highest BCUT2D eigenvalue weighted by atomic mass is 127. The number of aryl methyl sites for hydroxylation is 1. The zero-order chi connectivity index (χ0) is 22.9. The number of rotatable bonds is 8. The van der Waals surface area contributed by atoms with Gasteiger partial charge < -0.3 is 20.7 Å². The second kappa shape index (κ2) is 13.1. The summed E-state index contributed by atoms with van der Waals surface area (Å²) in [6, 6.07) is 10.5. The van der Waals surface area contributed by atoms with Crippen molar-refractivity contribution in [2.24, 2.45) is 4.99 Å². The first-order chi connectivity index (χ1) is 14.7. The van der Waals surface area contributed by atoms with Crippen molar-refractivity contribution in [3.8, 4) is 5.75 Å². The number of nitrogens with one attached hydrogen (secondary N) is 3. The van der Waals surface area contributed by atoms with E-state index in [1.165, 1.54) is 18.2 Å². The summed E-state index contributed by atoms with van der Waals surface area (Å²) in [6.45, 7) is 1.34. The summed E-state index contributed by atoms with van der Waals surface area (Å²) in [4.78, 5) is 16.1. The van der Waals surface area contributed by atoms with E-state index in [-0.39, 0.29) is 41.2 Å². The lowest BCUT2D eigenvalue weighted by atomic mass is 10.1. The molecule has 0 saturated heterocycles. The van der Waals surface area contributed by atoms with Crippen molar-refractivity contribution in [2.45, 2.75) is 19.6 Å². The van der Waals surface area contributed by atoms with Gasteiger partial charge in [-0.15, -0.1) is 24.0 Å². The molecule has 0 spiro atoms. The number of carbonyl (C=O) groups excluding carboxylic acids is 1. The van der Waals surface area contributed by atoms with Crippen molar-refractivity contribution in [3.63, 3.8) is 0 Å². The molecule has 1 amide bonds. The van der Waals surface area contributed by atoms with Crippen LogP contribution in [-0.2, 0) is 6.54 Å². The zero-order valence-corrected chi connectivity index (χ0v) is 19.9. The minimum absolute atomic E-state index is 0. The number of halogens is 5. The minimum atomic E-state index is -4.38. The second-order valence-electron chi connectivity index (χ2n) is 6.62. The molecule has 0 aliphatic rings. The van der Waals surface area contributed by atoms with Crippen LogP contribution >= 0.6 is 24.0 Å². The summed E-state index contributed by atoms with van der Waals surface area (Å²) < 4.78 is 54.7. The highest BCUT2D eigenvalue weighted by Gasteiger charge is 2.28. The molecule has 2 aromatic rings. The molecule has 11 heteroatoms. The number of benzene rings is 2. The van der Waals surface area contributed by atoms with E-state index in [0.717, 1.165) is 5.56 Å². The third kappa shape index (κ3) is 9.71. The van der Waals surface area contributed by atoms with E-state index in [4.69, 9.17) is 0 Å². The number of aliphatic imine (C=N–C) groups is 1. The van der Waals surface area contributed by atoms with Crippen LogP contribution in [0.4, 0.5) is 17.6 Å². The van der Waals surface area contributed by atoms with Crippen LogP contribution in [0.5, 0.6) is 5.75 Å². The molecule has 0 aliphatic carbocycles. The lowest BCUT2D eigenvalue weighted by Gasteiger charge is -2.13. The van der Waals surface area contributed by atoms with Crippen molar-refractivity contribution in [2.75, 3.05) is 26.7 Å². The maximum Gasteiger partial charge on any atom is 0.422 e. The van der Waals surface area contributed by atoms with Gasteiger partial charge in [-0.2, -0.15) is 13.2 Å². The third-order valence-electron chi connectivity index (χ3n) is 4.15. The highest BCUT2D eigenvalue weighted by Crippen LogP contribution is 2.18. The average Bonchev–Trinajstić information content (AvgIpc) is 2.73. The monoisotopic (exact) mass is 568 g/mol. The first-order valence-electron chi connectivity index (χ1n) is 9.45. The van der Waals surface area contributed by atoms with Gasteiger partial charge in [0.05, 0.1) is 0 Å². The van der Waals surface area contributed by atoms with Crippen LogP contribution in [0.1, 0.15) is 21.5 Å². The first-order valence-corrected chi connectivity index (χ1v) is 9.45. The van der Waals surface area contributed by atoms with Crippen LogP contribution in [-0.4, -0.2) is 44.8 Å². The largest absolute Gasteiger partial charge is 0.484 e. The highest BCUT2D eigenvalue weighted by molar-refractivity contribution is 14.0. The Hall–Kier alpha value is -2.57. The molecule has 0 bridgehead atoms. The number of guanidine groups is 1. The first kappa shape index (κ1) is 27.5. The fourth-order valence-electron chi connectivity index (χ4n) is 2.47. The Kier molecular flexibility index (Phi) is 11.2. The van der Waals surface area contributed by atoms with Gasteiger partial charge in [0, 0.05) is 32.2 Å². The number of alkyl halides is 3. The average molecular weight is 568 g/mol. The van der Waals surface area contributed by atoms with Gasteiger partial charge in [0.25, 0.3) is 5.91 Å². The predicted octanol–water partition coefficient (Wildman–Crippen LogP) is 3.79. The number of amides is 1. The molecule has 2 rings (SSSR count). The molecule has 0 aromatic heterocycles. The van der Waals surface area contributed by atoms with Crippen molar-refractivity contribution < 1.29 is 27.1 Å². The van der Waals surface area contributed by atoms with Crippen molar-refractivity contribution in [1.29, 1.82) is 0 Å². The standard InChI is InChI=1S/C21H24F4N4O2.HI/c1-14-3-6-16(11-18(14)22)19(30)27-9-10-28-20(26-2)29-12-15-4-7-17(8-5-15)31-13-21(23,24)25;/h3-8,11H,9-10,12-13H2,1-2H3,(H,27,30)(H2,26,28,29);1H. The van der Waals surface area contributed by atoms with Gasteiger partial charge >= 0.3 is 6.18 Å². The molecule has 3 N–H and O–H groups in total. The second-order valence-corrected chi connectivity index (χ2v) is 6.62. The predicted molar refractivity (Wildman–Crippen MR) is 125 cm³/mol. The van der Waals surface area contributed by atoms with E-state index in [2.05, 4.69) is 25.7 Å². The molecule has 0 unspecified atom stereocenters. The van der Waals surface area contributed by atoms with Gasteiger partial charge in [-0.25, -0.2) is 4.39 Å². The Morgan fingerprint density at radius 1 is 1.03 bits per heavy atom. The molecular formula is C21H25F4IN4O2. The Bertz CT molecular complexity index is 906. The summed E-state index contributed by atoms with van der Waals surface area (Å²) in [5.74, 6) is -0.201. The molecule has 0 heterocycles. The molecule has 176 valence electrons. The maximum absolute atomic E-state index is 13.5. The molecule has 0 aliphatic heterocycles. The topological polar surface area (TPSA) is 74.8 Å². The van der Waals surface area contributed by atoms with Crippen molar-refractivity contribution >= 4 is 35.8 Å². The quantitative estimate of drug-likeness (QED) is 0.149. The Morgan fingerprint density at radius 3 is 2.28 bits per heavy atom. The van der Waals surface area contributed by atoms with Gasteiger partial charge in [0.15, 0.2) is 12.6 Å². The Labute approximate surface area is 200 Å². The van der Waals surface area contributed by atoms with Crippen LogP contribution < -0.4 is 20.7 Å². The van der Waals surface area contributed by atoms with E-state index in [1.54, 1.807) is 38.2 Å². The maximum atomic E-state index is 13.5.